The van der Waals surface area contributed by atoms with Crippen LogP contribution in [0.4, 0.5) is 0 Å². The molecule has 90 valence electrons. The number of halogens is 2. The highest BCUT2D eigenvalue weighted by atomic mass is 79.9. The Morgan fingerprint density at radius 1 is 1.44 bits per heavy atom. The number of rotatable bonds is 5. The second-order valence-corrected chi connectivity index (χ2v) is 5.49. The molecule has 0 fully saturated rings. The molecule has 1 nitrogen and oxygen atoms in total. The molecule has 0 aliphatic rings. The van der Waals surface area contributed by atoms with E-state index in [9.17, 15) is 0 Å². The van der Waals surface area contributed by atoms with E-state index in [-0.39, 0.29) is 5.38 Å². The van der Waals surface area contributed by atoms with Crippen LogP contribution in [-0.4, -0.2) is 7.11 Å². The molecule has 0 heterocycles. The summed E-state index contributed by atoms with van der Waals surface area (Å²) in [6.07, 6.45) is 2.17. The zero-order valence-corrected chi connectivity index (χ0v) is 12.3. The topological polar surface area (TPSA) is 9.23 Å². The summed E-state index contributed by atoms with van der Waals surface area (Å²) in [6, 6.07) is 5.94. The second kappa shape index (κ2) is 6.51. The summed E-state index contributed by atoms with van der Waals surface area (Å²) in [4.78, 5) is 0. The number of benzene rings is 1. The van der Waals surface area contributed by atoms with Crippen LogP contribution in [0, 0.1) is 5.92 Å². The Morgan fingerprint density at radius 2 is 2.12 bits per heavy atom. The van der Waals surface area contributed by atoms with Gasteiger partial charge in [-0.05, 0) is 30.0 Å². The lowest BCUT2D eigenvalue weighted by Crippen LogP contribution is -2.00. The van der Waals surface area contributed by atoms with Crippen molar-refractivity contribution in [2.45, 2.75) is 32.1 Å². The molecule has 0 N–H and O–H groups in total. The number of methoxy groups -OCH3 is 1. The molecule has 16 heavy (non-hydrogen) atoms. The Kier molecular flexibility index (Phi) is 5.63. The van der Waals surface area contributed by atoms with Crippen molar-refractivity contribution in [3.63, 3.8) is 0 Å². The van der Waals surface area contributed by atoms with Gasteiger partial charge in [-0.1, -0.05) is 42.3 Å². The average molecular weight is 306 g/mol. The maximum atomic E-state index is 6.41. The van der Waals surface area contributed by atoms with E-state index in [1.807, 2.05) is 18.2 Å². The van der Waals surface area contributed by atoms with E-state index in [1.165, 1.54) is 0 Å². The van der Waals surface area contributed by atoms with Gasteiger partial charge in [0.05, 0.1) is 12.5 Å². The monoisotopic (exact) mass is 304 g/mol. The molecule has 1 aromatic rings. The van der Waals surface area contributed by atoms with Crippen molar-refractivity contribution in [2.75, 3.05) is 7.11 Å². The molecule has 0 amide bonds. The summed E-state index contributed by atoms with van der Waals surface area (Å²) in [5, 5.41) is 0.0650. The van der Waals surface area contributed by atoms with E-state index in [1.54, 1.807) is 7.11 Å². The SMILES string of the molecule is CCC(C)CC(Cl)c1ccc(OC)cc1Br. The minimum Gasteiger partial charge on any atom is -0.497 e. The Hall–Kier alpha value is -0.210. The lowest BCUT2D eigenvalue weighted by Gasteiger charge is -2.16. The van der Waals surface area contributed by atoms with Crippen molar-refractivity contribution in [2.24, 2.45) is 5.92 Å². The summed E-state index contributed by atoms with van der Waals surface area (Å²) in [7, 11) is 1.67. The summed E-state index contributed by atoms with van der Waals surface area (Å²) in [6.45, 7) is 4.42. The normalized spacial score (nSPS) is 14.6. The van der Waals surface area contributed by atoms with E-state index in [4.69, 9.17) is 16.3 Å². The summed E-state index contributed by atoms with van der Waals surface area (Å²) < 4.78 is 6.18. The van der Waals surface area contributed by atoms with Crippen LogP contribution in [0.1, 0.15) is 37.6 Å². The molecule has 0 aliphatic carbocycles. The predicted octanol–water partition coefficient (Wildman–Crippen LogP) is 5.17. The number of hydrogen-bond donors (Lipinski definition) is 0. The first-order chi connectivity index (χ1) is 7.58. The molecule has 0 saturated carbocycles. The molecule has 0 saturated heterocycles. The fourth-order valence-corrected chi connectivity index (χ4v) is 2.80. The van der Waals surface area contributed by atoms with Gasteiger partial charge in [-0.25, -0.2) is 0 Å². The highest BCUT2D eigenvalue weighted by Gasteiger charge is 2.14. The molecule has 0 spiro atoms. The maximum Gasteiger partial charge on any atom is 0.120 e. The van der Waals surface area contributed by atoms with E-state index in [0.29, 0.717) is 5.92 Å². The molecule has 2 unspecified atom stereocenters. The van der Waals surface area contributed by atoms with Crippen molar-refractivity contribution in [3.05, 3.63) is 28.2 Å². The van der Waals surface area contributed by atoms with Gasteiger partial charge in [-0.15, -0.1) is 11.6 Å². The van der Waals surface area contributed by atoms with Crippen LogP contribution < -0.4 is 4.74 Å². The van der Waals surface area contributed by atoms with Gasteiger partial charge in [0.1, 0.15) is 5.75 Å². The van der Waals surface area contributed by atoms with E-state index in [2.05, 4.69) is 29.8 Å². The smallest absolute Gasteiger partial charge is 0.120 e. The zero-order valence-electron chi connectivity index (χ0n) is 9.97. The van der Waals surface area contributed by atoms with Crippen LogP contribution in [0.25, 0.3) is 0 Å². The summed E-state index contributed by atoms with van der Waals surface area (Å²) in [5.74, 6) is 1.50. The standard InChI is InChI=1S/C13H18BrClO/c1-4-9(2)7-13(15)11-6-5-10(16-3)8-12(11)14/h5-6,8-9,13H,4,7H2,1-3H3. The van der Waals surface area contributed by atoms with Gasteiger partial charge in [0.2, 0.25) is 0 Å². The lowest BCUT2D eigenvalue weighted by molar-refractivity contribution is 0.414. The first kappa shape index (κ1) is 13.9. The van der Waals surface area contributed by atoms with Crippen molar-refractivity contribution >= 4 is 27.5 Å². The fraction of sp³-hybridized carbons (Fsp3) is 0.538. The fourth-order valence-electron chi connectivity index (χ4n) is 1.54. The van der Waals surface area contributed by atoms with E-state index < -0.39 is 0 Å². The largest absolute Gasteiger partial charge is 0.497 e. The van der Waals surface area contributed by atoms with Crippen LogP contribution in [-0.2, 0) is 0 Å². The number of alkyl halides is 1. The molecule has 3 heteroatoms. The number of hydrogen-bond acceptors (Lipinski definition) is 1. The first-order valence-corrected chi connectivity index (χ1v) is 6.78. The van der Waals surface area contributed by atoms with Gasteiger partial charge in [0.15, 0.2) is 0 Å². The molecule has 2 atom stereocenters. The predicted molar refractivity (Wildman–Crippen MR) is 73.4 cm³/mol. The summed E-state index contributed by atoms with van der Waals surface area (Å²) in [5.41, 5.74) is 1.14. The Bertz CT molecular complexity index is 341. The van der Waals surface area contributed by atoms with Gasteiger partial charge in [0, 0.05) is 4.47 Å². The molecule has 1 aromatic carbocycles. The molecule has 0 bridgehead atoms. The molecule has 0 aromatic heterocycles. The molecular weight excluding hydrogens is 287 g/mol. The van der Waals surface area contributed by atoms with Gasteiger partial charge in [0.25, 0.3) is 0 Å². The maximum absolute atomic E-state index is 6.41. The van der Waals surface area contributed by atoms with Crippen molar-refractivity contribution in [1.29, 1.82) is 0 Å². The number of ether oxygens (including phenoxy) is 1. The van der Waals surface area contributed by atoms with Crippen LogP contribution in [0.15, 0.2) is 22.7 Å². The van der Waals surface area contributed by atoms with Gasteiger partial charge < -0.3 is 4.74 Å². The lowest BCUT2D eigenvalue weighted by atomic mass is 9.98. The zero-order chi connectivity index (χ0) is 12.1. The first-order valence-electron chi connectivity index (χ1n) is 5.56. The van der Waals surface area contributed by atoms with Crippen molar-refractivity contribution < 1.29 is 4.74 Å². The highest BCUT2D eigenvalue weighted by molar-refractivity contribution is 9.10. The van der Waals surface area contributed by atoms with Crippen LogP contribution in [0.2, 0.25) is 0 Å². The van der Waals surface area contributed by atoms with E-state index in [0.717, 1.165) is 28.6 Å². The summed E-state index contributed by atoms with van der Waals surface area (Å²) >= 11 is 9.95. The van der Waals surface area contributed by atoms with Crippen molar-refractivity contribution in [1.82, 2.24) is 0 Å². The second-order valence-electron chi connectivity index (χ2n) is 4.10. The highest BCUT2D eigenvalue weighted by Crippen LogP contribution is 2.35. The van der Waals surface area contributed by atoms with Gasteiger partial charge in [-0.3, -0.25) is 0 Å². The van der Waals surface area contributed by atoms with Gasteiger partial charge in [-0.2, -0.15) is 0 Å². The third kappa shape index (κ3) is 3.67. The van der Waals surface area contributed by atoms with E-state index >= 15 is 0 Å². The molecular formula is C13H18BrClO. The minimum absolute atomic E-state index is 0.0650. The van der Waals surface area contributed by atoms with Crippen LogP contribution >= 0.6 is 27.5 Å². The molecule has 0 aliphatic heterocycles. The molecule has 0 radical (unpaired) electrons. The van der Waals surface area contributed by atoms with Gasteiger partial charge >= 0.3 is 0 Å². The average Bonchev–Trinajstić information content (AvgIpc) is 2.28. The third-order valence-electron chi connectivity index (χ3n) is 2.85. The third-order valence-corrected chi connectivity index (χ3v) is 3.95. The minimum atomic E-state index is 0.0650. The Labute approximate surface area is 111 Å². The van der Waals surface area contributed by atoms with Crippen molar-refractivity contribution in [3.8, 4) is 5.75 Å². The van der Waals surface area contributed by atoms with Crippen LogP contribution in [0.3, 0.4) is 0 Å². The molecule has 1 rings (SSSR count). The Balaban J connectivity index is 2.79. The van der Waals surface area contributed by atoms with Crippen LogP contribution in [0.5, 0.6) is 5.75 Å². The quantitative estimate of drug-likeness (QED) is 0.682. The Morgan fingerprint density at radius 3 is 2.62 bits per heavy atom.